The molecule has 0 atom stereocenters. The summed E-state index contributed by atoms with van der Waals surface area (Å²) in [5.74, 6) is -5.54. The van der Waals surface area contributed by atoms with Gasteiger partial charge in [0.1, 0.15) is 52.0 Å². The van der Waals surface area contributed by atoms with Gasteiger partial charge in [0.25, 0.3) is 0 Å². The lowest BCUT2D eigenvalue weighted by atomic mass is 10.2. The SMILES string of the molecule is CC(=O)CC(=O)Nc1cc(Br)c(NC(=O)CC(C)=O)c(Br)c1.CC(=O)CC(=O)Nc1cc(Br)c(NC(=O)CC(C)=O)cc1Br.CC(=O)CC(=O)Nc1cc(Cl)c(NC(=O)CC(C)=O)c(Cl)c1.COc1cc(NC(=O)CC(C)=O)c(Cl)cc1NC(=O)CC(C)=O. The summed E-state index contributed by atoms with van der Waals surface area (Å²) in [6.07, 6.45) is -1.91. The third kappa shape index (κ3) is 33.1. The Morgan fingerprint density at radius 3 is 0.865 bits per heavy atom. The minimum Gasteiger partial charge on any atom is -0.494 e. The molecule has 8 amide bonds. The average Bonchev–Trinajstić information content (AvgIpc) is 3.36. The van der Waals surface area contributed by atoms with Gasteiger partial charge in [-0.2, -0.15) is 0 Å². The van der Waals surface area contributed by atoms with Gasteiger partial charge in [-0.1, -0.05) is 34.8 Å². The van der Waals surface area contributed by atoms with Gasteiger partial charge in [-0.25, -0.2) is 0 Å². The van der Waals surface area contributed by atoms with Crippen molar-refractivity contribution in [2.24, 2.45) is 0 Å². The van der Waals surface area contributed by atoms with Crippen LogP contribution in [0.5, 0.6) is 5.75 Å². The predicted molar refractivity (Wildman–Crippen MR) is 350 cm³/mol. The van der Waals surface area contributed by atoms with E-state index in [-0.39, 0.29) is 136 Å². The fraction of sp³-hybridized carbons (Fsp3) is 0.298. The molecule has 0 fully saturated rings. The third-order valence-electron chi connectivity index (χ3n) is 9.90. The molecule has 0 spiro atoms. The molecule has 0 aliphatic heterocycles. The van der Waals surface area contributed by atoms with Gasteiger partial charge in [-0.3, -0.25) is 76.7 Å². The van der Waals surface area contributed by atoms with Gasteiger partial charge in [0.2, 0.25) is 47.3 Å². The van der Waals surface area contributed by atoms with Crippen molar-refractivity contribution >= 4 is 238 Å². The van der Waals surface area contributed by atoms with Crippen molar-refractivity contribution in [3.05, 3.63) is 81.5 Å². The van der Waals surface area contributed by atoms with Crippen molar-refractivity contribution in [2.45, 2.75) is 107 Å². The smallest absolute Gasteiger partial charge is 0.231 e. The molecule has 478 valence electrons. The van der Waals surface area contributed by atoms with Crippen LogP contribution in [0.4, 0.5) is 45.5 Å². The van der Waals surface area contributed by atoms with Gasteiger partial charge < -0.3 is 47.3 Å². The Hall–Kier alpha value is -7.41. The molecular formula is C57H59Br4Cl3N8O17. The minimum atomic E-state index is -0.537. The maximum atomic E-state index is 11.6. The summed E-state index contributed by atoms with van der Waals surface area (Å²) in [4.78, 5) is 180. The number of halogens is 7. The number of hydrogen-bond acceptors (Lipinski definition) is 17. The van der Waals surface area contributed by atoms with Crippen LogP contribution in [0, 0.1) is 0 Å². The second-order valence-corrected chi connectivity index (χ2v) is 23.5. The third-order valence-corrected chi connectivity index (χ3v) is 13.4. The molecule has 0 unspecified atom stereocenters. The van der Waals surface area contributed by atoms with Crippen molar-refractivity contribution in [1.29, 1.82) is 0 Å². The lowest BCUT2D eigenvalue weighted by molar-refractivity contribution is -0.125. The van der Waals surface area contributed by atoms with E-state index in [1.165, 1.54) is 86.8 Å². The fourth-order valence-electron chi connectivity index (χ4n) is 6.55. The number of carbonyl (C=O) groups excluding carboxylic acids is 16. The summed E-state index contributed by atoms with van der Waals surface area (Å²) in [5, 5.41) is 20.6. The fourth-order valence-corrected chi connectivity index (χ4v) is 9.61. The van der Waals surface area contributed by atoms with Crippen LogP contribution in [0.25, 0.3) is 0 Å². The van der Waals surface area contributed by atoms with Gasteiger partial charge in [-0.15, -0.1) is 0 Å². The monoisotopic (exact) mass is 1550 g/mol. The number of ketones is 8. The lowest BCUT2D eigenvalue weighted by Crippen LogP contribution is -2.17. The van der Waals surface area contributed by atoms with Crippen LogP contribution < -0.4 is 47.3 Å². The molecule has 25 nitrogen and oxygen atoms in total. The van der Waals surface area contributed by atoms with E-state index in [0.29, 0.717) is 46.3 Å². The highest BCUT2D eigenvalue weighted by Crippen LogP contribution is 2.38. The molecule has 4 rings (SSSR count). The van der Waals surface area contributed by atoms with E-state index in [2.05, 4.69) is 106 Å². The summed E-state index contributed by atoms with van der Waals surface area (Å²) in [6, 6.07) is 11.9. The van der Waals surface area contributed by atoms with Crippen LogP contribution in [0.1, 0.15) is 107 Å². The highest BCUT2D eigenvalue weighted by molar-refractivity contribution is 9.11. The number of hydrogen-bond donors (Lipinski definition) is 8. The van der Waals surface area contributed by atoms with Crippen LogP contribution in [-0.2, 0) is 76.7 Å². The number of carbonyl (C=O) groups is 16. The standard InChI is InChI=1S/C15H17ClN2O5.2C14H14Br2N2O4.C14H14Cl2N2O4/c1-8(19)4-14(21)17-11-7-13(23-3)12(6-10(11)16)18-15(22)5-9(2)20;1-7(19)3-13(21)17-11-5-10(16)12(6-9(11)15)18-14(22)4-8(2)20;2*1-7(19)3-12(21)17-9-5-10(15)14(11(16)6-9)18-13(22)4-8(2)20/h6-7H,4-5H2,1-3H3,(H,17,21)(H,18,22);3*5-6H,3-4H2,1-2H3,(H,17,21)(H,18,22). The molecular weight excluding hydrogens is 1490 g/mol. The van der Waals surface area contributed by atoms with Crippen molar-refractivity contribution in [3.63, 3.8) is 0 Å². The largest absolute Gasteiger partial charge is 0.494 e. The summed E-state index contributed by atoms with van der Waals surface area (Å²) < 4.78 is 7.25. The van der Waals surface area contributed by atoms with E-state index < -0.39 is 47.3 Å². The Kier molecular flexibility index (Phi) is 35.4. The van der Waals surface area contributed by atoms with Crippen molar-refractivity contribution in [3.8, 4) is 5.75 Å². The molecule has 0 aromatic heterocycles. The van der Waals surface area contributed by atoms with Crippen molar-refractivity contribution < 1.29 is 81.4 Å². The first-order valence-electron chi connectivity index (χ1n) is 25.5. The summed E-state index contributed by atoms with van der Waals surface area (Å²) in [6.45, 7) is 10.5. The van der Waals surface area contributed by atoms with E-state index in [1.807, 2.05) is 0 Å². The molecule has 0 aliphatic carbocycles. The highest BCUT2D eigenvalue weighted by Gasteiger charge is 2.19. The molecule has 32 heteroatoms. The average molecular weight is 1550 g/mol. The predicted octanol–water partition coefficient (Wildman–Crippen LogP) is 11.1. The Labute approximate surface area is 558 Å². The van der Waals surface area contributed by atoms with E-state index in [1.54, 1.807) is 24.3 Å². The van der Waals surface area contributed by atoms with Gasteiger partial charge in [-0.05, 0) is 162 Å². The number of methoxy groups -OCH3 is 1. The second kappa shape index (κ2) is 39.6. The van der Waals surface area contributed by atoms with E-state index in [0.717, 1.165) is 0 Å². The zero-order valence-corrected chi connectivity index (χ0v) is 57.5. The number of anilines is 8. The van der Waals surface area contributed by atoms with E-state index >= 15 is 0 Å². The maximum absolute atomic E-state index is 11.6. The number of rotatable bonds is 25. The summed E-state index contributed by atoms with van der Waals surface area (Å²) >= 11 is 31.2. The number of amides is 8. The van der Waals surface area contributed by atoms with Crippen LogP contribution >= 0.6 is 98.5 Å². The first kappa shape index (κ1) is 79.6. The van der Waals surface area contributed by atoms with Crippen molar-refractivity contribution in [2.75, 3.05) is 49.6 Å². The van der Waals surface area contributed by atoms with Crippen LogP contribution in [0.2, 0.25) is 15.1 Å². The number of nitrogens with one attached hydrogen (secondary N) is 8. The van der Waals surface area contributed by atoms with E-state index in [9.17, 15) is 76.7 Å². The molecule has 89 heavy (non-hydrogen) atoms. The minimum absolute atomic E-state index is 0.0996. The molecule has 8 N–H and O–H groups in total. The molecule has 0 saturated heterocycles. The van der Waals surface area contributed by atoms with Gasteiger partial charge in [0.15, 0.2) is 0 Å². The molecule has 0 saturated carbocycles. The first-order valence-corrected chi connectivity index (χ1v) is 29.8. The van der Waals surface area contributed by atoms with Gasteiger partial charge >= 0.3 is 0 Å². The van der Waals surface area contributed by atoms with Crippen molar-refractivity contribution in [1.82, 2.24) is 0 Å². The van der Waals surface area contributed by atoms with Crippen LogP contribution in [-0.4, -0.2) is 101 Å². The molecule has 4 aromatic rings. The maximum Gasteiger partial charge on any atom is 0.231 e. The number of Topliss-reactive ketones (excluding diaryl/α,β-unsaturated/α-hetero) is 8. The Morgan fingerprint density at radius 1 is 0.303 bits per heavy atom. The normalized spacial score (nSPS) is 9.98. The molecule has 4 aromatic carbocycles. The molecule has 0 radical (unpaired) electrons. The molecule has 0 heterocycles. The molecule has 0 bridgehead atoms. The zero-order chi connectivity index (χ0) is 68.2. The van der Waals surface area contributed by atoms with Crippen LogP contribution in [0.15, 0.2) is 66.4 Å². The quantitative estimate of drug-likeness (QED) is 0.0286. The van der Waals surface area contributed by atoms with Gasteiger partial charge in [0, 0.05) is 35.3 Å². The Bertz CT molecular complexity index is 3280. The topological polar surface area (TPSA) is 379 Å². The first-order chi connectivity index (χ1) is 41.3. The number of ether oxygens (including phenoxy) is 1. The highest BCUT2D eigenvalue weighted by atomic mass is 79.9. The number of benzene rings is 4. The molecule has 0 aliphatic rings. The second-order valence-electron chi connectivity index (χ2n) is 18.9. The zero-order valence-electron chi connectivity index (χ0n) is 48.9. The summed E-state index contributed by atoms with van der Waals surface area (Å²) in [7, 11) is 1.38. The van der Waals surface area contributed by atoms with Gasteiger partial charge in [0.05, 0.1) is 108 Å². The van der Waals surface area contributed by atoms with Crippen LogP contribution in [0.3, 0.4) is 0 Å². The Balaban J connectivity index is 0.000000593. The van der Waals surface area contributed by atoms with E-state index in [4.69, 9.17) is 39.5 Å². The Morgan fingerprint density at radius 2 is 0.562 bits per heavy atom. The summed E-state index contributed by atoms with van der Waals surface area (Å²) in [5.41, 5.74) is 2.81. The lowest BCUT2D eigenvalue weighted by Gasteiger charge is -2.14.